The zero-order valence-electron chi connectivity index (χ0n) is 11.9. The van der Waals surface area contributed by atoms with Gasteiger partial charge in [-0.25, -0.2) is 9.97 Å². The van der Waals surface area contributed by atoms with Crippen LogP contribution in [0.2, 0.25) is 0 Å². The lowest BCUT2D eigenvalue weighted by molar-refractivity contribution is 0.128. The molecule has 0 aromatic carbocycles. The molecular weight excluding hydrogens is 244 g/mol. The van der Waals surface area contributed by atoms with E-state index in [1.807, 2.05) is 13.0 Å². The summed E-state index contributed by atoms with van der Waals surface area (Å²) < 4.78 is 5.33. The van der Waals surface area contributed by atoms with E-state index < -0.39 is 6.10 Å². The molecule has 0 aliphatic heterocycles. The van der Waals surface area contributed by atoms with Gasteiger partial charge in [0.05, 0.1) is 6.10 Å². The Kier molecular flexibility index (Phi) is 7.14. The quantitative estimate of drug-likeness (QED) is 0.631. The first kappa shape index (κ1) is 15.7. The van der Waals surface area contributed by atoms with Crippen LogP contribution in [0.4, 0.5) is 11.6 Å². The number of nitrogens with zero attached hydrogens (tertiary/aromatic N) is 2. The lowest BCUT2D eigenvalue weighted by atomic mass is 10.4. The fourth-order valence-electron chi connectivity index (χ4n) is 1.44. The summed E-state index contributed by atoms with van der Waals surface area (Å²) in [5, 5.41) is 15.6. The number of aliphatic hydroxyl groups is 1. The highest BCUT2D eigenvalue weighted by molar-refractivity contribution is 5.47. The van der Waals surface area contributed by atoms with Gasteiger partial charge in [0, 0.05) is 25.8 Å². The Hall–Kier alpha value is -1.40. The molecule has 0 radical (unpaired) electrons. The summed E-state index contributed by atoms with van der Waals surface area (Å²) in [6, 6.07) is 1.84. The third kappa shape index (κ3) is 6.35. The Bertz CT molecular complexity index is 345. The SMILES string of the molecule is CCCNc1cc(NCC(C)O)nc(COCC)n1. The van der Waals surface area contributed by atoms with Crippen LogP contribution in [0.5, 0.6) is 0 Å². The average Bonchev–Trinajstić information content (AvgIpc) is 2.40. The van der Waals surface area contributed by atoms with Gasteiger partial charge in [0.2, 0.25) is 0 Å². The van der Waals surface area contributed by atoms with E-state index in [9.17, 15) is 5.11 Å². The first-order valence-electron chi connectivity index (χ1n) is 6.77. The van der Waals surface area contributed by atoms with Crippen LogP contribution in [0.1, 0.15) is 33.0 Å². The Balaban J connectivity index is 2.75. The molecule has 1 unspecified atom stereocenters. The zero-order chi connectivity index (χ0) is 14.1. The van der Waals surface area contributed by atoms with Crippen molar-refractivity contribution in [1.29, 1.82) is 0 Å². The maximum Gasteiger partial charge on any atom is 0.158 e. The van der Waals surface area contributed by atoms with E-state index in [-0.39, 0.29) is 0 Å². The lowest BCUT2D eigenvalue weighted by Crippen LogP contribution is -2.17. The summed E-state index contributed by atoms with van der Waals surface area (Å²) in [6.45, 7) is 8.10. The minimum Gasteiger partial charge on any atom is -0.392 e. The van der Waals surface area contributed by atoms with Gasteiger partial charge in [0.1, 0.15) is 18.2 Å². The largest absolute Gasteiger partial charge is 0.392 e. The number of rotatable bonds is 9. The zero-order valence-corrected chi connectivity index (χ0v) is 11.9. The van der Waals surface area contributed by atoms with Crippen molar-refractivity contribution in [2.75, 3.05) is 30.3 Å². The fraction of sp³-hybridized carbons (Fsp3) is 0.692. The Morgan fingerprint density at radius 3 is 2.53 bits per heavy atom. The maximum absolute atomic E-state index is 9.29. The van der Waals surface area contributed by atoms with Crippen LogP contribution in [0, 0.1) is 0 Å². The highest BCUT2D eigenvalue weighted by atomic mass is 16.5. The number of hydrogen-bond donors (Lipinski definition) is 3. The van der Waals surface area contributed by atoms with E-state index >= 15 is 0 Å². The molecule has 0 saturated carbocycles. The predicted molar refractivity (Wildman–Crippen MR) is 76.3 cm³/mol. The molecule has 1 heterocycles. The van der Waals surface area contributed by atoms with Gasteiger partial charge in [0.25, 0.3) is 0 Å². The molecule has 3 N–H and O–H groups in total. The average molecular weight is 268 g/mol. The van der Waals surface area contributed by atoms with Crippen molar-refractivity contribution in [3.8, 4) is 0 Å². The van der Waals surface area contributed by atoms with Gasteiger partial charge in [-0.2, -0.15) is 0 Å². The molecular formula is C13H24N4O2. The van der Waals surface area contributed by atoms with Crippen LogP contribution in [0.15, 0.2) is 6.07 Å². The number of aromatic nitrogens is 2. The van der Waals surface area contributed by atoms with Crippen molar-refractivity contribution in [2.45, 2.75) is 39.9 Å². The van der Waals surface area contributed by atoms with Crippen LogP contribution >= 0.6 is 0 Å². The van der Waals surface area contributed by atoms with Gasteiger partial charge in [-0.1, -0.05) is 6.92 Å². The van der Waals surface area contributed by atoms with Crippen molar-refractivity contribution in [2.24, 2.45) is 0 Å². The molecule has 0 bridgehead atoms. The van der Waals surface area contributed by atoms with Gasteiger partial charge in [-0.15, -0.1) is 0 Å². The number of anilines is 2. The third-order valence-corrected chi connectivity index (χ3v) is 2.34. The number of hydrogen-bond acceptors (Lipinski definition) is 6. The van der Waals surface area contributed by atoms with Crippen LogP contribution in [-0.2, 0) is 11.3 Å². The summed E-state index contributed by atoms with van der Waals surface area (Å²) in [5.41, 5.74) is 0. The molecule has 108 valence electrons. The molecule has 6 heteroatoms. The summed E-state index contributed by atoms with van der Waals surface area (Å²) in [5.74, 6) is 2.11. The topological polar surface area (TPSA) is 79.3 Å². The molecule has 1 aromatic heterocycles. The third-order valence-electron chi connectivity index (χ3n) is 2.34. The van der Waals surface area contributed by atoms with Crippen molar-refractivity contribution in [3.05, 3.63) is 11.9 Å². The second-order valence-electron chi connectivity index (χ2n) is 4.35. The van der Waals surface area contributed by atoms with Crippen molar-refractivity contribution in [1.82, 2.24) is 9.97 Å². The normalized spacial score (nSPS) is 12.2. The minimum atomic E-state index is -0.419. The summed E-state index contributed by atoms with van der Waals surface area (Å²) in [4.78, 5) is 8.74. The first-order valence-corrected chi connectivity index (χ1v) is 6.77. The Labute approximate surface area is 114 Å². The molecule has 0 saturated heterocycles. The molecule has 1 rings (SSSR count). The van der Waals surface area contributed by atoms with E-state index in [0.29, 0.717) is 31.4 Å². The molecule has 0 amide bonds. The van der Waals surface area contributed by atoms with Crippen LogP contribution < -0.4 is 10.6 Å². The van der Waals surface area contributed by atoms with E-state index in [1.54, 1.807) is 6.92 Å². The van der Waals surface area contributed by atoms with E-state index in [1.165, 1.54) is 0 Å². The number of ether oxygens (including phenoxy) is 1. The van der Waals surface area contributed by atoms with Crippen molar-refractivity contribution < 1.29 is 9.84 Å². The second kappa shape index (κ2) is 8.66. The summed E-state index contributed by atoms with van der Waals surface area (Å²) in [7, 11) is 0. The molecule has 19 heavy (non-hydrogen) atoms. The first-order chi connectivity index (χ1) is 9.15. The number of aliphatic hydroxyl groups excluding tert-OH is 1. The highest BCUT2D eigenvalue weighted by Crippen LogP contribution is 2.12. The molecule has 0 spiro atoms. The monoisotopic (exact) mass is 268 g/mol. The van der Waals surface area contributed by atoms with Crippen LogP contribution in [-0.4, -0.2) is 40.9 Å². The maximum atomic E-state index is 9.29. The van der Waals surface area contributed by atoms with Crippen LogP contribution in [0.25, 0.3) is 0 Å². The Morgan fingerprint density at radius 2 is 1.95 bits per heavy atom. The lowest BCUT2D eigenvalue weighted by Gasteiger charge is -2.12. The smallest absolute Gasteiger partial charge is 0.158 e. The molecule has 1 aromatic rings. The molecule has 0 fully saturated rings. The Morgan fingerprint density at radius 1 is 1.26 bits per heavy atom. The van der Waals surface area contributed by atoms with Gasteiger partial charge in [0.15, 0.2) is 5.82 Å². The van der Waals surface area contributed by atoms with Crippen LogP contribution in [0.3, 0.4) is 0 Å². The van der Waals surface area contributed by atoms with Gasteiger partial charge in [-0.3, -0.25) is 0 Å². The molecule has 0 aliphatic rings. The summed E-state index contributed by atoms with van der Waals surface area (Å²) >= 11 is 0. The molecule has 1 atom stereocenters. The second-order valence-corrected chi connectivity index (χ2v) is 4.35. The predicted octanol–water partition coefficient (Wildman–Crippen LogP) is 1.63. The van der Waals surface area contributed by atoms with E-state index in [2.05, 4.69) is 27.5 Å². The fourth-order valence-corrected chi connectivity index (χ4v) is 1.44. The minimum absolute atomic E-state index is 0.390. The van der Waals surface area contributed by atoms with Gasteiger partial charge >= 0.3 is 0 Å². The van der Waals surface area contributed by atoms with Crippen molar-refractivity contribution in [3.63, 3.8) is 0 Å². The highest BCUT2D eigenvalue weighted by Gasteiger charge is 2.05. The number of nitrogens with one attached hydrogen (secondary N) is 2. The van der Waals surface area contributed by atoms with E-state index in [0.717, 1.165) is 18.8 Å². The summed E-state index contributed by atoms with van der Waals surface area (Å²) in [6.07, 6.45) is 0.610. The van der Waals surface area contributed by atoms with Gasteiger partial charge in [-0.05, 0) is 20.3 Å². The molecule has 6 nitrogen and oxygen atoms in total. The standard InChI is InChI=1S/C13H24N4O2/c1-4-6-14-11-7-12(15-8-10(3)18)17-13(16-11)9-19-5-2/h7,10,18H,4-6,8-9H2,1-3H3,(H2,14,15,16,17). The molecule has 0 aliphatic carbocycles. The van der Waals surface area contributed by atoms with E-state index in [4.69, 9.17) is 4.74 Å². The van der Waals surface area contributed by atoms with Gasteiger partial charge < -0.3 is 20.5 Å². The van der Waals surface area contributed by atoms with Crippen molar-refractivity contribution >= 4 is 11.6 Å².